The minimum absolute atomic E-state index is 0.0856. The molecule has 0 aliphatic rings. The van der Waals surface area contributed by atoms with Crippen LogP contribution < -0.4 is 0 Å². The highest BCUT2D eigenvalue weighted by molar-refractivity contribution is 14.1. The maximum atomic E-state index is 12.4. The predicted octanol–water partition coefficient (Wildman–Crippen LogP) is 3.33. The van der Waals surface area contributed by atoms with E-state index in [4.69, 9.17) is 0 Å². The molecule has 0 spiro atoms. The van der Waals surface area contributed by atoms with E-state index in [0.29, 0.717) is 6.29 Å². The fourth-order valence-corrected chi connectivity index (χ4v) is 1.97. The lowest BCUT2D eigenvalue weighted by molar-refractivity contribution is -0.137. The van der Waals surface area contributed by atoms with E-state index in [1.165, 1.54) is 0 Å². The number of Topliss-reactive ketones (excluding diaryl/α,β-unsaturated/α-hetero) is 1. The lowest BCUT2D eigenvalue weighted by atomic mass is 10.0. The van der Waals surface area contributed by atoms with Crippen LogP contribution in [0.1, 0.15) is 33.2 Å². The Bertz CT molecular complexity index is 452. The van der Waals surface area contributed by atoms with Crippen LogP contribution in [0.5, 0.6) is 0 Å². The summed E-state index contributed by atoms with van der Waals surface area (Å²) in [5, 5.41) is 0. The standard InChI is InChI=1S/C10H6F3IO2/c1-5(16)8-3-7(10(11,12)13)2-6(4-15)9(8)14/h2-4H,1H3. The van der Waals surface area contributed by atoms with Crippen LogP contribution in [0.2, 0.25) is 0 Å². The third-order valence-corrected chi connectivity index (χ3v) is 3.14. The zero-order valence-corrected chi connectivity index (χ0v) is 10.2. The second-order valence-corrected chi connectivity index (χ2v) is 4.18. The van der Waals surface area contributed by atoms with Crippen LogP contribution in [0, 0.1) is 3.57 Å². The molecule has 6 heteroatoms. The van der Waals surface area contributed by atoms with Gasteiger partial charge >= 0.3 is 6.18 Å². The SMILES string of the molecule is CC(=O)c1cc(C(F)(F)F)cc(C=O)c1I. The van der Waals surface area contributed by atoms with Gasteiger partial charge in [-0.3, -0.25) is 9.59 Å². The Hall–Kier alpha value is -0.920. The number of aldehydes is 1. The van der Waals surface area contributed by atoms with E-state index in [9.17, 15) is 22.8 Å². The molecule has 0 atom stereocenters. The maximum absolute atomic E-state index is 12.4. The van der Waals surface area contributed by atoms with E-state index in [0.717, 1.165) is 19.1 Å². The number of rotatable bonds is 2. The summed E-state index contributed by atoms with van der Waals surface area (Å²) < 4.78 is 37.6. The number of carbonyl (C=O) groups excluding carboxylic acids is 2. The predicted molar refractivity (Wildman–Crippen MR) is 59.6 cm³/mol. The van der Waals surface area contributed by atoms with Crippen molar-refractivity contribution in [3.63, 3.8) is 0 Å². The molecule has 2 nitrogen and oxygen atoms in total. The highest BCUT2D eigenvalue weighted by Crippen LogP contribution is 2.32. The van der Waals surface area contributed by atoms with E-state index >= 15 is 0 Å². The molecule has 0 aliphatic carbocycles. The van der Waals surface area contributed by atoms with Gasteiger partial charge < -0.3 is 0 Å². The molecule has 1 rings (SSSR count). The van der Waals surface area contributed by atoms with Gasteiger partial charge in [0, 0.05) is 14.7 Å². The van der Waals surface area contributed by atoms with Crippen molar-refractivity contribution in [2.75, 3.05) is 0 Å². The van der Waals surface area contributed by atoms with Crippen molar-refractivity contribution in [1.82, 2.24) is 0 Å². The number of alkyl halides is 3. The maximum Gasteiger partial charge on any atom is 0.416 e. The van der Waals surface area contributed by atoms with E-state index in [1.807, 2.05) is 0 Å². The second kappa shape index (κ2) is 4.52. The molecular formula is C10H6F3IO2. The molecule has 0 unspecified atom stereocenters. The monoisotopic (exact) mass is 342 g/mol. The van der Waals surface area contributed by atoms with Gasteiger partial charge in [-0.25, -0.2) is 0 Å². The summed E-state index contributed by atoms with van der Waals surface area (Å²) in [5.41, 5.74) is -1.20. The average Bonchev–Trinajstić information content (AvgIpc) is 2.15. The average molecular weight is 342 g/mol. The summed E-state index contributed by atoms with van der Waals surface area (Å²) in [7, 11) is 0. The molecule has 0 fully saturated rings. The van der Waals surface area contributed by atoms with Crippen molar-refractivity contribution in [2.45, 2.75) is 13.1 Å². The Balaban J connectivity index is 3.52. The number of ketones is 1. The molecule has 0 bridgehead atoms. The van der Waals surface area contributed by atoms with Gasteiger partial charge in [0.2, 0.25) is 0 Å². The minimum Gasteiger partial charge on any atom is -0.298 e. The number of halogens is 4. The van der Waals surface area contributed by atoms with Gasteiger partial charge in [-0.15, -0.1) is 0 Å². The minimum atomic E-state index is -4.56. The van der Waals surface area contributed by atoms with Crippen LogP contribution >= 0.6 is 22.6 Å². The first-order chi connectivity index (χ1) is 7.27. The third-order valence-electron chi connectivity index (χ3n) is 1.93. The summed E-state index contributed by atoms with van der Waals surface area (Å²) in [4.78, 5) is 21.7. The van der Waals surface area contributed by atoms with Crippen molar-refractivity contribution >= 4 is 34.7 Å². The summed E-state index contributed by atoms with van der Waals surface area (Å²) in [6.07, 6.45) is -4.25. The Morgan fingerprint density at radius 2 is 1.94 bits per heavy atom. The molecule has 0 heterocycles. The Labute approximate surface area is 103 Å². The zero-order chi connectivity index (χ0) is 12.5. The Kier molecular flexibility index (Phi) is 3.72. The smallest absolute Gasteiger partial charge is 0.298 e. The van der Waals surface area contributed by atoms with Gasteiger partial charge in [-0.05, 0) is 41.6 Å². The van der Waals surface area contributed by atoms with Gasteiger partial charge in [0.25, 0.3) is 0 Å². The van der Waals surface area contributed by atoms with Gasteiger partial charge in [0.15, 0.2) is 12.1 Å². The van der Waals surface area contributed by atoms with E-state index in [2.05, 4.69) is 0 Å². The molecule has 86 valence electrons. The summed E-state index contributed by atoms with van der Waals surface area (Å²) >= 11 is 1.68. The molecule has 0 saturated heterocycles. The van der Waals surface area contributed by atoms with Gasteiger partial charge in [0.1, 0.15) is 0 Å². The Morgan fingerprint density at radius 3 is 2.31 bits per heavy atom. The first kappa shape index (κ1) is 13.1. The fourth-order valence-electron chi connectivity index (χ4n) is 1.15. The molecule has 0 aromatic heterocycles. The molecule has 1 aromatic carbocycles. The molecule has 16 heavy (non-hydrogen) atoms. The molecule has 0 radical (unpaired) electrons. The highest BCUT2D eigenvalue weighted by atomic mass is 127. The van der Waals surface area contributed by atoms with E-state index in [1.54, 1.807) is 22.6 Å². The van der Waals surface area contributed by atoms with Crippen molar-refractivity contribution in [2.24, 2.45) is 0 Å². The molecule has 0 N–H and O–H groups in total. The lowest BCUT2D eigenvalue weighted by Gasteiger charge is -2.10. The van der Waals surface area contributed by atoms with E-state index < -0.39 is 17.5 Å². The van der Waals surface area contributed by atoms with Gasteiger partial charge in [-0.1, -0.05) is 0 Å². The topological polar surface area (TPSA) is 34.1 Å². The normalized spacial score (nSPS) is 11.3. The molecular weight excluding hydrogens is 336 g/mol. The zero-order valence-electron chi connectivity index (χ0n) is 8.06. The first-order valence-electron chi connectivity index (χ1n) is 4.14. The van der Waals surface area contributed by atoms with Crippen molar-refractivity contribution in [3.05, 3.63) is 32.4 Å². The van der Waals surface area contributed by atoms with E-state index in [-0.39, 0.29) is 14.7 Å². The van der Waals surface area contributed by atoms with Crippen LogP contribution in [-0.4, -0.2) is 12.1 Å². The van der Waals surface area contributed by atoms with Crippen LogP contribution in [0.3, 0.4) is 0 Å². The van der Waals surface area contributed by atoms with Crippen molar-refractivity contribution < 1.29 is 22.8 Å². The van der Waals surface area contributed by atoms with Crippen molar-refractivity contribution in [1.29, 1.82) is 0 Å². The fraction of sp³-hybridized carbons (Fsp3) is 0.200. The summed E-state index contributed by atoms with van der Waals surface area (Å²) in [6.45, 7) is 1.16. The highest BCUT2D eigenvalue weighted by Gasteiger charge is 2.32. The molecule has 1 aromatic rings. The Morgan fingerprint density at radius 1 is 1.38 bits per heavy atom. The molecule has 0 saturated carbocycles. The van der Waals surface area contributed by atoms with Crippen LogP contribution in [0.15, 0.2) is 12.1 Å². The lowest BCUT2D eigenvalue weighted by Crippen LogP contribution is -2.10. The summed E-state index contributed by atoms with van der Waals surface area (Å²) in [6, 6.07) is 1.50. The molecule has 0 amide bonds. The van der Waals surface area contributed by atoms with Crippen LogP contribution in [-0.2, 0) is 6.18 Å². The number of hydrogen-bond donors (Lipinski definition) is 0. The number of benzene rings is 1. The second-order valence-electron chi connectivity index (χ2n) is 3.10. The third kappa shape index (κ3) is 2.60. The quantitative estimate of drug-likeness (QED) is 0.469. The van der Waals surface area contributed by atoms with Crippen LogP contribution in [0.25, 0.3) is 0 Å². The van der Waals surface area contributed by atoms with Crippen LogP contribution in [0.4, 0.5) is 13.2 Å². The first-order valence-corrected chi connectivity index (χ1v) is 5.22. The van der Waals surface area contributed by atoms with Gasteiger partial charge in [-0.2, -0.15) is 13.2 Å². The van der Waals surface area contributed by atoms with Gasteiger partial charge in [0.05, 0.1) is 5.56 Å². The summed E-state index contributed by atoms with van der Waals surface area (Å²) in [5.74, 6) is -0.501. The molecule has 0 aliphatic heterocycles. The largest absolute Gasteiger partial charge is 0.416 e. The number of carbonyl (C=O) groups is 2. The van der Waals surface area contributed by atoms with Crippen molar-refractivity contribution in [3.8, 4) is 0 Å². The number of hydrogen-bond acceptors (Lipinski definition) is 2.